The highest BCUT2D eigenvalue weighted by Crippen LogP contribution is 2.32. The van der Waals surface area contributed by atoms with Gasteiger partial charge in [-0.05, 0) is 61.9 Å². The second-order valence-corrected chi connectivity index (χ2v) is 8.80. The Morgan fingerprint density at radius 3 is 2.35 bits per heavy atom. The molecule has 0 bridgehead atoms. The minimum atomic E-state index is 0.105. The third-order valence-corrected chi connectivity index (χ3v) is 6.65. The molecule has 4 rings (SSSR count). The Hall–Kier alpha value is -2.01. The topological polar surface area (TPSA) is 38.8 Å². The molecule has 0 N–H and O–H groups in total. The SMILES string of the molecule is O=CCCCO[C@H]1[C@H](N2CCCCC2)CC[C@H]1OCc1ccc(-c2ccccc2)cc1. The maximum absolute atomic E-state index is 10.7. The average Bonchev–Trinajstić information content (AvgIpc) is 3.24. The van der Waals surface area contributed by atoms with Crippen LogP contribution in [0.1, 0.15) is 50.5 Å². The zero-order valence-corrected chi connectivity index (χ0v) is 18.5. The number of piperidine rings is 1. The van der Waals surface area contributed by atoms with Crippen LogP contribution in [0.5, 0.6) is 0 Å². The van der Waals surface area contributed by atoms with Crippen molar-refractivity contribution in [2.45, 2.75) is 69.8 Å². The summed E-state index contributed by atoms with van der Waals surface area (Å²) in [5, 5.41) is 0. The number of unbranched alkanes of at least 4 members (excludes halogenated alkanes) is 1. The summed E-state index contributed by atoms with van der Waals surface area (Å²) in [5.74, 6) is 0. The van der Waals surface area contributed by atoms with Gasteiger partial charge in [-0.25, -0.2) is 0 Å². The largest absolute Gasteiger partial charge is 0.374 e. The van der Waals surface area contributed by atoms with Gasteiger partial charge in [0, 0.05) is 19.1 Å². The van der Waals surface area contributed by atoms with Gasteiger partial charge in [-0.1, -0.05) is 61.0 Å². The van der Waals surface area contributed by atoms with Gasteiger partial charge in [-0.3, -0.25) is 4.90 Å². The minimum Gasteiger partial charge on any atom is -0.374 e. The molecule has 0 aromatic heterocycles. The van der Waals surface area contributed by atoms with Crippen molar-refractivity contribution in [3.63, 3.8) is 0 Å². The summed E-state index contributed by atoms with van der Waals surface area (Å²) in [5.41, 5.74) is 3.66. The van der Waals surface area contributed by atoms with Crippen molar-refractivity contribution in [2.24, 2.45) is 0 Å². The molecule has 0 amide bonds. The number of benzene rings is 2. The Kier molecular flexibility index (Phi) is 8.28. The lowest BCUT2D eigenvalue weighted by atomic mass is 10.0. The number of carbonyl (C=O) groups excluding carboxylic acids is 1. The average molecular weight is 422 g/mol. The predicted octanol–water partition coefficient (Wildman–Crippen LogP) is 5.25. The van der Waals surface area contributed by atoms with Crippen LogP contribution in [-0.2, 0) is 20.9 Å². The van der Waals surface area contributed by atoms with Crippen molar-refractivity contribution in [3.05, 3.63) is 60.2 Å². The Bertz CT molecular complexity index is 786. The van der Waals surface area contributed by atoms with Gasteiger partial charge in [0.05, 0.1) is 18.8 Å². The first kappa shape index (κ1) is 22.2. The molecule has 1 heterocycles. The van der Waals surface area contributed by atoms with E-state index in [1.807, 2.05) is 6.07 Å². The summed E-state index contributed by atoms with van der Waals surface area (Å²) in [6, 6.07) is 19.6. The number of ether oxygens (including phenoxy) is 2. The molecule has 0 radical (unpaired) electrons. The Morgan fingerprint density at radius 1 is 0.871 bits per heavy atom. The molecule has 1 aliphatic carbocycles. The first-order chi connectivity index (χ1) is 15.3. The smallest absolute Gasteiger partial charge is 0.120 e. The fourth-order valence-corrected chi connectivity index (χ4v) is 4.96. The molecule has 2 aromatic carbocycles. The van der Waals surface area contributed by atoms with Gasteiger partial charge < -0.3 is 14.3 Å². The van der Waals surface area contributed by atoms with Crippen LogP contribution in [0.2, 0.25) is 0 Å². The number of carbonyl (C=O) groups is 1. The molecule has 1 aliphatic heterocycles. The van der Waals surface area contributed by atoms with Crippen LogP contribution in [0.3, 0.4) is 0 Å². The van der Waals surface area contributed by atoms with E-state index >= 15 is 0 Å². The number of likely N-dealkylation sites (tertiary alicyclic amines) is 1. The van der Waals surface area contributed by atoms with E-state index in [9.17, 15) is 4.79 Å². The van der Waals surface area contributed by atoms with Gasteiger partial charge in [0.25, 0.3) is 0 Å². The number of hydrogen-bond acceptors (Lipinski definition) is 4. The minimum absolute atomic E-state index is 0.105. The van der Waals surface area contributed by atoms with Crippen molar-refractivity contribution in [1.82, 2.24) is 4.90 Å². The molecule has 4 nitrogen and oxygen atoms in total. The Morgan fingerprint density at radius 2 is 1.61 bits per heavy atom. The molecule has 1 saturated heterocycles. The molecule has 166 valence electrons. The second-order valence-electron chi connectivity index (χ2n) is 8.80. The van der Waals surface area contributed by atoms with E-state index in [4.69, 9.17) is 9.47 Å². The summed E-state index contributed by atoms with van der Waals surface area (Å²) in [4.78, 5) is 13.3. The standard InChI is InChI=1S/C27H35NO3/c29-19-7-8-20-30-27-25(28-17-5-2-6-18-28)15-16-26(27)31-21-22-11-13-24(14-12-22)23-9-3-1-4-10-23/h1,3-4,9-14,19,25-27H,2,5-8,15-18,20-21H2/t25-,26-,27+/m1/s1. The van der Waals surface area contributed by atoms with Crippen molar-refractivity contribution in [3.8, 4) is 11.1 Å². The summed E-state index contributed by atoms with van der Waals surface area (Å²) >= 11 is 0. The van der Waals surface area contributed by atoms with Crippen molar-refractivity contribution >= 4 is 6.29 Å². The second kappa shape index (κ2) is 11.6. The van der Waals surface area contributed by atoms with Crippen LogP contribution in [0, 0.1) is 0 Å². The third-order valence-electron chi connectivity index (χ3n) is 6.65. The lowest BCUT2D eigenvalue weighted by molar-refractivity contribution is -0.109. The Labute approximate surface area is 186 Å². The van der Waals surface area contributed by atoms with Gasteiger partial charge in [-0.2, -0.15) is 0 Å². The highest BCUT2D eigenvalue weighted by molar-refractivity contribution is 5.63. The van der Waals surface area contributed by atoms with Crippen molar-refractivity contribution < 1.29 is 14.3 Å². The van der Waals surface area contributed by atoms with E-state index in [0.29, 0.717) is 25.7 Å². The first-order valence-corrected chi connectivity index (χ1v) is 11.9. The number of aldehydes is 1. The normalized spacial score (nSPS) is 24.3. The van der Waals surface area contributed by atoms with Crippen LogP contribution in [-0.4, -0.2) is 49.1 Å². The monoisotopic (exact) mass is 421 g/mol. The van der Waals surface area contributed by atoms with Crippen LogP contribution in [0.15, 0.2) is 54.6 Å². The molecule has 2 aliphatic rings. The van der Waals surface area contributed by atoms with Crippen molar-refractivity contribution in [1.29, 1.82) is 0 Å². The summed E-state index contributed by atoms with van der Waals surface area (Å²) < 4.78 is 12.7. The summed E-state index contributed by atoms with van der Waals surface area (Å²) in [7, 11) is 0. The predicted molar refractivity (Wildman–Crippen MR) is 124 cm³/mol. The van der Waals surface area contributed by atoms with Gasteiger partial charge in [0.2, 0.25) is 0 Å². The third kappa shape index (κ3) is 6.03. The van der Waals surface area contributed by atoms with Gasteiger partial charge >= 0.3 is 0 Å². The van der Waals surface area contributed by atoms with E-state index in [1.54, 1.807) is 0 Å². The van der Waals surface area contributed by atoms with Crippen LogP contribution in [0.25, 0.3) is 11.1 Å². The number of rotatable bonds is 10. The van der Waals surface area contributed by atoms with Crippen molar-refractivity contribution in [2.75, 3.05) is 19.7 Å². The maximum atomic E-state index is 10.7. The van der Waals surface area contributed by atoms with E-state index in [2.05, 4.69) is 53.4 Å². The molecule has 1 saturated carbocycles. The van der Waals surface area contributed by atoms with E-state index in [0.717, 1.165) is 25.5 Å². The van der Waals surface area contributed by atoms with Crippen LogP contribution < -0.4 is 0 Å². The molecule has 31 heavy (non-hydrogen) atoms. The highest BCUT2D eigenvalue weighted by atomic mass is 16.5. The summed E-state index contributed by atoms with van der Waals surface area (Å²) in [6.45, 7) is 3.60. The zero-order chi connectivity index (χ0) is 21.3. The fourth-order valence-electron chi connectivity index (χ4n) is 4.96. The van der Waals surface area contributed by atoms with Gasteiger partial charge in [0.1, 0.15) is 6.29 Å². The molecule has 3 atom stereocenters. The maximum Gasteiger partial charge on any atom is 0.120 e. The highest BCUT2D eigenvalue weighted by Gasteiger charge is 2.41. The molecular formula is C27H35NO3. The molecule has 0 unspecified atom stereocenters. The molecule has 0 spiro atoms. The summed E-state index contributed by atoms with van der Waals surface area (Å²) in [6.07, 6.45) is 8.66. The first-order valence-electron chi connectivity index (χ1n) is 11.9. The van der Waals surface area contributed by atoms with E-state index in [-0.39, 0.29) is 12.2 Å². The Balaban J connectivity index is 1.35. The van der Waals surface area contributed by atoms with Gasteiger partial charge in [0.15, 0.2) is 0 Å². The van der Waals surface area contributed by atoms with Gasteiger partial charge in [-0.15, -0.1) is 0 Å². The number of hydrogen-bond donors (Lipinski definition) is 0. The molecular weight excluding hydrogens is 386 g/mol. The lowest BCUT2D eigenvalue weighted by Gasteiger charge is -2.36. The molecule has 4 heteroatoms. The quantitative estimate of drug-likeness (QED) is 0.388. The lowest BCUT2D eigenvalue weighted by Crippen LogP contribution is -2.47. The van der Waals surface area contributed by atoms with Crippen LogP contribution in [0.4, 0.5) is 0 Å². The van der Waals surface area contributed by atoms with E-state index in [1.165, 1.54) is 49.0 Å². The van der Waals surface area contributed by atoms with Crippen LogP contribution >= 0.6 is 0 Å². The number of nitrogens with zero attached hydrogens (tertiary/aromatic N) is 1. The molecule has 2 aromatic rings. The zero-order valence-electron chi connectivity index (χ0n) is 18.5. The van der Waals surface area contributed by atoms with E-state index < -0.39 is 0 Å². The molecule has 2 fully saturated rings. The fraction of sp³-hybridized carbons (Fsp3) is 0.519.